The number of ether oxygens (including phenoxy) is 3. The molecule has 2 rings (SSSR count). The van der Waals surface area contributed by atoms with Gasteiger partial charge in [-0.05, 0) is 54.4 Å². The van der Waals surface area contributed by atoms with E-state index < -0.39 is 5.97 Å². The van der Waals surface area contributed by atoms with E-state index >= 15 is 0 Å². The second kappa shape index (κ2) is 14.7. The maximum absolute atomic E-state index is 12.4. The molecule has 0 aliphatic heterocycles. The minimum Gasteiger partial charge on any atom is -0.493 e. The fourth-order valence-corrected chi connectivity index (χ4v) is 3.23. The average Bonchev–Trinajstić information content (AvgIpc) is 2.84. The lowest BCUT2D eigenvalue weighted by Gasteiger charge is -2.09. The Morgan fingerprint density at radius 2 is 1.55 bits per heavy atom. The smallest absolute Gasteiger partial charge is 0.343 e. The number of methoxy groups -OCH3 is 2. The molecule has 0 unspecified atom stereocenters. The van der Waals surface area contributed by atoms with Crippen LogP contribution in [-0.2, 0) is 4.79 Å². The highest BCUT2D eigenvalue weighted by molar-refractivity contribution is 5.92. The summed E-state index contributed by atoms with van der Waals surface area (Å²) in [5, 5.41) is 4.00. The number of unbranched alkanes of at least 4 members (excludes halogenated alkanes) is 6. The second-order valence-electron chi connectivity index (χ2n) is 7.69. The summed E-state index contributed by atoms with van der Waals surface area (Å²) in [5.41, 5.74) is 3.68. The molecule has 178 valence electrons. The molecule has 2 aromatic carbocycles. The Hall–Kier alpha value is -3.35. The monoisotopic (exact) mass is 454 g/mol. The Morgan fingerprint density at radius 3 is 2.21 bits per heavy atom. The first-order valence-electron chi connectivity index (χ1n) is 11.4. The third-order valence-electron chi connectivity index (χ3n) is 5.12. The van der Waals surface area contributed by atoms with Crippen LogP contribution in [0.25, 0.3) is 0 Å². The van der Waals surface area contributed by atoms with Crippen LogP contribution in [0.15, 0.2) is 47.6 Å². The van der Waals surface area contributed by atoms with Gasteiger partial charge in [0.15, 0.2) is 11.5 Å². The van der Waals surface area contributed by atoms with Gasteiger partial charge in [0.05, 0.1) is 26.0 Å². The minimum atomic E-state index is -0.505. The lowest BCUT2D eigenvalue weighted by atomic mass is 10.1. The number of rotatable bonds is 14. The van der Waals surface area contributed by atoms with Gasteiger partial charge in [0.2, 0.25) is 5.91 Å². The number of amides is 1. The SMILES string of the molecule is CCCCCCCCCC(=O)NN=Cc1ccc(OC(=O)c2ccc(OC)c(OC)c2)cc1. The lowest BCUT2D eigenvalue weighted by Crippen LogP contribution is -2.16. The van der Waals surface area contributed by atoms with E-state index in [1.165, 1.54) is 46.3 Å². The van der Waals surface area contributed by atoms with Gasteiger partial charge < -0.3 is 14.2 Å². The van der Waals surface area contributed by atoms with Crippen LogP contribution in [0.4, 0.5) is 0 Å². The Kier molecular flexibility index (Phi) is 11.5. The highest BCUT2D eigenvalue weighted by Crippen LogP contribution is 2.28. The molecule has 0 saturated heterocycles. The second-order valence-corrected chi connectivity index (χ2v) is 7.69. The van der Waals surface area contributed by atoms with Crippen molar-refractivity contribution in [3.63, 3.8) is 0 Å². The van der Waals surface area contributed by atoms with Gasteiger partial charge in [-0.2, -0.15) is 5.10 Å². The van der Waals surface area contributed by atoms with Crippen molar-refractivity contribution in [2.75, 3.05) is 14.2 Å². The van der Waals surface area contributed by atoms with E-state index in [1.54, 1.807) is 48.7 Å². The van der Waals surface area contributed by atoms with Crippen molar-refractivity contribution in [2.45, 2.75) is 58.3 Å². The first kappa shape index (κ1) is 25.9. The van der Waals surface area contributed by atoms with Crippen LogP contribution >= 0.6 is 0 Å². The molecule has 0 aliphatic carbocycles. The van der Waals surface area contributed by atoms with E-state index in [1.807, 2.05) is 0 Å². The van der Waals surface area contributed by atoms with Crippen molar-refractivity contribution < 1.29 is 23.8 Å². The molecule has 0 spiro atoms. The van der Waals surface area contributed by atoms with Gasteiger partial charge >= 0.3 is 5.97 Å². The molecular weight excluding hydrogens is 420 g/mol. The molecule has 1 amide bonds. The Balaban J connectivity index is 1.75. The molecule has 0 heterocycles. The van der Waals surface area contributed by atoms with Crippen molar-refractivity contribution in [2.24, 2.45) is 5.10 Å². The number of esters is 1. The van der Waals surface area contributed by atoms with Gasteiger partial charge in [0.25, 0.3) is 0 Å². The Bertz CT molecular complexity index is 909. The first-order chi connectivity index (χ1) is 16.1. The third-order valence-corrected chi connectivity index (χ3v) is 5.12. The van der Waals surface area contributed by atoms with Crippen LogP contribution in [-0.4, -0.2) is 32.3 Å². The molecule has 7 nitrogen and oxygen atoms in total. The summed E-state index contributed by atoms with van der Waals surface area (Å²) < 4.78 is 15.8. The van der Waals surface area contributed by atoms with Crippen molar-refractivity contribution in [1.29, 1.82) is 0 Å². The molecule has 2 aromatic rings. The standard InChI is InChI=1S/C26H34N2O5/c1-4-5-6-7-8-9-10-11-25(29)28-27-19-20-12-15-22(16-13-20)33-26(30)21-14-17-23(31-2)24(18-21)32-3/h12-19H,4-11H2,1-3H3,(H,28,29). The average molecular weight is 455 g/mol. The van der Waals surface area contributed by atoms with E-state index in [4.69, 9.17) is 14.2 Å². The maximum Gasteiger partial charge on any atom is 0.343 e. The summed E-state index contributed by atoms with van der Waals surface area (Å²) in [5.74, 6) is 0.796. The molecule has 0 fully saturated rings. The van der Waals surface area contributed by atoms with Gasteiger partial charge in [-0.15, -0.1) is 0 Å². The summed E-state index contributed by atoms with van der Waals surface area (Å²) in [7, 11) is 3.04. The molecule has 33 heavy (non-hydrogen) atoms. The summed E-state index contributed by atoms with van der Waals surface area (Å²) in [6.07, 6.45) is 10.2. The van der Waals surface area contributed by atoms with Gasteiger partial charge in [0, 0.05) is 6.42 Å². The number of nitrogens with one attached hydrogen (secondary N) is 1. The van der Waals surface area contributed by atoms with Gasteiger partial charge in [-0.3, -0.25) is 4.79 Å². The molecule has 0 radical (unpaired) electrons. The summed E-state index contributed by atoms with van der Waals surface area (Å²) in [6.45, 7) is 2.20. The zero-order valence-electron chi connectivity index (χ0n) is 19.8. The van der Waals surface area contributed by atoms with Crippen LogP contribution in [0.2, 0.25) is 0 Å². The first-order valence-corrected chi connectivity index (χ1v) is 11.4. The zero-order valence-corrected chi connectivity index (χ0v) is 19.8. The largest absolute Gasteiger partial charge is 0.493 e. The number of hydrogen-bond acceptors (Lipinski definition) is 6. The number of benzene rings is 2. The fraction of sp³-hybridized carbons (Fsp3) is 0.423. The van der Waals surface area contributed by atoms with E-state index in [0.29, 0.717) is 29.2 Å². The highest BCUT2D eigenvalue weighted by Gasteiger charge is 2.13. The molecular formula is C26H34N2O5. The van der Waals surface area contributed by atoms with Crippen LogP contribution in [0.5, 0.6) is 17.2 Å². The number of hydrogen-bond donors (Lipinski definition) is 1. The predicted octanol–water partition coefficient (Wildman–Crippen LogP) is 5.51. The van der Waals surface area contributed by atoms with E-state index in [2.05, 4.69) is 17.5 Å². The molecule has 0 aliphatic rings. The Morgan fingerprint density at radius 1 is 0.879 bits per heavy atom. The van der Waals surface area contributed by atoms with Crippen molar-refractivity contribution in [1.82, 2.24) is 5.43 Å². The van der Waals surface area contributed by atoms with Crippen molar-refractivity contribution in [3.05, 3.63) is 53.6 Å². The van der Waals surface area contributed by atoms with Crippen LogP contribution in [0.1, 0.15) is 74.2 Å². The fourth-order valence-electron chi connectivity index (χ4n) is 3.23. The molecule has 0 atom stereocenters. The molecule has 1 N–H and O–H groups in total. The third kappa shape index (κ3) is 9.35. The quantitative estimate of drug-likeness (QED) is 0.134. The van der Waals surface area contributed by atoms with Crippen molar-refractivity contribution >= 4 is 18.1 Å². The normalized spacial score (nSPS) is 10.8. The lowest BCUT2D eigenvalue weighted by molar-refractivity contribution is -0.121. The van der Waals surface area contributed by atoms with E-state index in [-0.39, 0.29) is 5.91 Å². The number of hydrazone groups is 1. The molecule has 0 bridgehead atoms. The summed E-state index contributed by atoms with van der Waals surface area (Å²) in [6, 6.07) is 11.7. The number of nitrogens with zero attached hydrogens (tertiary/aromatic N) is 1. The van der Waals surface area contributed by atoms with E-state index in [9.17, 15) is 9.59 Å². The summed E-state index contributed by atoms with van der Waals surface area (Å²) in [4.78, 5) is 24.3. The maximum atomic E-state index is 12.4. The predicted molar refractivity (Wildman–Crippen MR) is 129 cm³/mol. The van der Waals surface area contributed by atoms with Gasteiger partial charge in [-0.1, -0.05) is 45.4 Å². The molecule has 7 heteroatoms. The van der Waals surface area contributed by atoms with Crippen molar-refractivity contribution in [3.8, 4) is 17.2 Å². The molecule has 0 saturated carbocycles. The van der Waals surface area contributed by atoms with E-state index in [0.717, 1.165) is 18.4 Å². The van der Waals surface area contributed by atoms with Gasteiger partial charge in [-0.25, -0.2) is 10.2 Å². The number of carbonyl (C=O) groups excluding carboxylic acids is 2. The molecule has 0 aromatic heterocycles. The van der Waals surface area contributed by atoms with Gasteiger partial charge in [0.1, 0.15) is 5.75 Å². The topological polar surface area (TPSA) is 86.2 Å². The van der Waals surface area contributed by atoms with Crippen LogP contribution in [0.3, 0.4) is 0 Å². The van der Waals surface area contributed by atoms with Crippen LogP contribution in [0, 0.1) is 0 Å². The number of carbonyl (C=O) groups is 2. The minimum absolute atomic E-state index is 0.0831. The highest BCUT2D eigenvalue weighted by atomic mass is 16.5. The Labute approximate surface area is 196 Å². The zero-order chi connectivity index (χ0) is 23.9. The summed E-state index contributed by atoms with van der Waals surface area (Å²) >= 11 is 0. The van der Waals surface area contributed by atoms with Crippen LogP contribution < -0.4 is 19.6 Å².